The van der Waals surface area contributed by atoms with Gasteiger partial charge in [0.25, 0.3) is 0 Å². The molecule has 1 N–H and O–H groups in total. The molecule has 0 aromatic heterocycles. The molecule has 5 heteroatoms. The lowest BCUT2D eigenvalue weighted by Gasteiger charge is -2.32. The highest BCUT2D eigenvalue weighted by molar-refractivity contribution is 5.88. The maximum absolute atomic E-state index is 12.1. The molecular formula is C16H30N2O3. The Kier molecular flexibility index (Phi) is 7.89. The number of rotatable bonds is 8. The maximum atomic E-state index is 12.1. The van der Waals surface area contributed by atoms with Crippen LogP contribution in [0.15, 0.2) is 0 Å². The SMILES string of the molecule is CCCOC1CCCN(CC(=O)NC(C(C)=O)C(C)C)C1. The van der Waals surface area contributed by atoms with Gasteiger partial charge >= 0.3 is 0 Å². The van der Waals surface area contributed by atoms with E-state index in [9.17, 15) is 9.59 Å². The fourth-order valence-corrected chi connectivity index (χ4v) is 2.74. The van der Waals surface area contributed by atoms with Crippen molar-refractivity contribution in [2.45, 2.75) is 59.1 Å². The molecule has 122 valence electrons. The molecule has 21 heavy (non-hydrogen) atoms. The van der Waals surface area contributed by atoms with Crippen LogP contribution >= 0.6 is 0 Å². The van der Waals surface area contributed by atoms with Crippen LogP contribution in [0.25, 0.3) is 0 Å². The Labute approximate surface area is 128 Å². The molecule has 0 radical (unpaired) electrons. The molecule has 0 saturated carbocycles. The van der Waals surface area contributed by atoms with Gasteiger partial charge in [-0.2, -0.15) is 0 Å². The molecule has 1 aliphatic rings. The molecule has 2 unspecified atom stereocenters. The molecule has 0 bridgehead atoms. The molecule has 2 atom stereocenters. The van der Waals surface area contributed by atoms with Gasteiger partial charge in [-0.1, -0.05) is 20.8 Å². The van der Waals surface area contributed by atoms with Crippen molar-refractivity contribution < 1.29 is 14.3 Å². The van der Waals surface area contributed by atoms with Gasteiger partial charge in [0, 0.05) is 13.2 Å². The largest absolute Gasteiger partial charge is 0.377 e. The summed E-state index contributed by atoms with van der Waals surface area (Å²) in [4.78, 5) is 25.8. The van der Waals surface area contributed by atoms with Crippen molar-refractivity contribution >= 4 is 11.7 Å². The first kappa shape index (κ1) is 18.1. The van der Waals surface area contributed by atoms with Crippen molar-refractivity contribution in [1.82, 2.24) is 10.2 Å². The first-order chi connectivity index (χ1) is 9.93. The first-order valence-electron chi connectivity index (χ1n) is 8.07. The van der Waals surface area contributed by atoms with E-state index in [1.165, 1.54) is 6.92 Å². The third kappa shape index (κ3) is 6.57. The van der Waals surface area contributed by atoms with Crippen LogP contribution in [0, 0.1) is 5.92 Å². The number of carbonyl (C=O) groups excluding carboxylic acids is 2. The van der Waals surface area contributed by atoms with Gasteiger partial charge in [-0.15, -0.1) is 0 Å². The van der Waals surface area contributed by atoms with E-state index < -0.39 is 0 Å². The Morgan fingerprint density at radius 2 is 2.10 bits per heavy atom. The van der Waals surface area contributed by atoms with Crippen LogP contribution in [0.3, 0.4) is 0 Å². The van der Waals surface area contributed by atoms with Crippen LogP contribution < -0.4 is 5.32 Å². The van der Waals surface area contributed by atoms with Gasteiger partial charge in [-0.05, 0) is 38.6 Å². The summed E-state index contributed by atoms with van der Waals surface area (Å²) in [7, 11) is 0. The third-order valence-corrected chi connectivity index (χ3v) is 3.81. The molecule has 1 rings (SSSR count). The standard InChI is InChI=1S/C16H30N2O3/c1-5-9-21-14-7-6-8-18(10-14)11-15(20)17-16(12(2)3)13(4)19/h12,14,16H,5-11H2,1-4H3,(H,17,20). The molecule has 1 aliphatic heterocycles. The first-order valence-corrected chi connectivity index (χ1v) is 8.07. The maximum Gasteiger partial charge on any atom is 0.234 e. The molecule has 1 fully saturated rings. The molecular weight excluding hydrogens is 268 g/mol. The summed E-state index contributed by atoms with van der Waals surface area (Å²) in [5.74, 6) is 0.0645. The van der Waals surface area contributed by atoms with Crippen LogP contribution in [0.5, 0.6) is 0 Å². The van der Waals surface area contributed by atoms with Crippen molar-refractivity contribution in [2.24, 2.45) is 5.92 Å². The molecule has 0 aromatic carbocycles. The summed E-state index contributed by atoms with van der Waals surface area (Å²) in [5.41, 5.74) is 0. The van der Waals surface area contributed by atoms with Crippen molar-refractivity contribution in [3.63, 3.8) is 0 Å². The van der Waals surface area contributed by atoms with E-state index in [0.717, 1.165) is 39.0 Å². The molecule has 5 nitrogen and oxygen atoms in total. The van der Waals surface area contributed by atoms with Gasteiger partial charge in [0.1, 0.15) is 0 Å². The summed E-state index contributed by atoms with van der Waals surface area (Å²) < 4.78 is 5.77. The zero-order valence-corrected chi connectivity index (χ0v) is 13.9. The number of nitrogens with zero attached hydrogens (tertiary/aromatic N) is 1. The Morgan fingerprint density at radius 1 is 1.38 bits per heavy atom. The summed E-state index contributed by atoms with van der Waals surface area (Å²) in [6.45, 7) is 10.4. The van der Waals surface area contributed by atoms with Crippen LogP contribution in [-0.4, -0.2) is 55.0 Å². The summed E-state index contributed by atoms with van der Waals surface area (Å²) in [5, 5.41) is 2.85. The highest BCUT2D eigenvalue weighted by Crippen LogP contribution is 2.13. The molecule has 0 spiro atoms. The number of ketones is 1. The molecule has 1 saturated heterocycles. The number of nitrogens with one attached hydrogen (secondary N) is 1. The topological polar surface area (TPSA) is 58.6 Å². The van der Waals surface area contributed by atoms with Gasteiger partial charge in [0.15, 0.2) is 5.78 Å². The number of carbonyl (C=O) groups is 2. The van der Waals surface area contributed by atoms with E-state index in [2.05, 4.69) is 17.1 Å². The van der Waals surface area contributed by atoms with Crippen molar-refractivity contribution in [3.05, 3.63) is 0 Å². The van der Waals surface area contributed by atoms with Gasteiger partial charge in [0.05, 0.1) is 18.7 Å². The Morgan fingerprint density at radius 3 is 2.67 bits per heavy atom. The van der Waals surface area contributed by atoms with E-state index in [-0.39, 0.29) is 29.8 Å². The molecule has 0 aliphatic carbocycles. The monoisotopic (exact) mass is 298 g/mol. The number of amides is 1. The fourth-order valence-electron chi connectivity index (χ4n) is 2.74. The zero-order valence-electron chi connectivity index (χ0n) is 13.9. The summed E-state index contributed by atoms with van der Waals surface area (Å²) in [6.07, 6.45) is 3.38. The van der Waals surface area contributed by atoms with Gasteiger partial charge in [0.2, 0.25) is 5.91 Å². The van der Waals surface area contributed by atoms with Crippen LogP contribution in [0.1, 0.15) is 47.0 Å². The second-order valence-electron chi connectivity index (χ2n) is 6.27. The van der Waals surface area contributed by atoms with Gasteiger partial charge < -0.3 is 10.1 Å². The average Bonchev–Trinajstić information content (AvgIpc) is 2.42. The molecule has 1 heterocycles. The zero-order chi connectivity index (χ0) is 15.8. The van der Waals surface area contributed by atoms with Crippen molar-refractivity contribution in [3.8, 4) is 0 Å². The summed E-state index contributed by atoms with van der Waals surface area (Å²) in [6, 6.07) is -0.380. The fraction of sp³-hybridized carbons (Fsp3) is 0.875. The number of piperidine rings is 1. The van der Waals surface area contributed by atoms with E-state index in [0.29, 0.717) is 6.54 Å². The Balaban J connectivity index is 2.41. The van der Waals surface area contributed by atoms with Gasteiger partial charge in [-0.3, -0.25) is 14.5 Å². The van der Waals surface area contributed by atoms with Crippen LogP contribution in [0.2, 0.25) is 0 Å². The lowest BCUT2D eigenvalue weighted by molar-refractivity contribution is -0.129. The number of ether oxygens (including phenoxy) is 1. The minimum absolute atomic E-state index is 0.0150. The van der Waals surface area contributed by atoms with E-state index in [1.807, 2.05) is 13.8 Å². The van der Waals surface area contributed by atoms with E-state index in [4.69, 9.17) is 4.74 Å². The second-order valence-corrected chi connectivity index (χ2v) is 6.27. The quantitative estimate of drug-likeness (QED) is 0.739. The number of Topliss-reactive ketones (excluding diaryl/α,β-unsaturated/α-hetero) is 1. The highest BCUT2D eigenvalue weighted by Gasteiger charge is 2.25. The second kappa shape index (κ2) is 9.15. The minimum Gasteiger partial charge on any atom is -0.377 e. The van der Waals surface area contributed by atoms with Crippen LogP contribution in [-0.2, 0) is 14.3 Å². The Hall–Kier alpha value is -0.940. The van der Waals surface area contributed by atoms with E-state index in [1.54, 1.807) is 0 Å². The van der Waals surface area contributed by atoms with Crippen molar-refractivity contribution in [2.75, 3.05) is 26.2 Å². The smallest absolute Gasteiger partial charge is 0.234 e. The highest BCUT2D eigenvalue weighted by atomic mass is 16.5. The molecule has 1 amide bonds. The minimum atomic E-state index is -0.380. The number of hydrogen-bond acceptors (Lipinski definition) is 4. The van der Waals surface area contributed by atoms with E-state index >= 15 is 0 Å². The lowest BCUT2D eigenvalue weighted by Crippen LogP contribution is -2.49. The Bertz CT molecular complexity index is 344. The predicted molar refractivity (Wildman–Crippen MR) is 83.2 cm³/mol. The predicted octanol–water partition coefficient (Wildman–Crippen LogP) is 1.61. The normalized spacial score (nSPS) is 21.3. The van der Waals surface area contributed by atoms with Gasteiger partial charge in [-0.25, -0.2) is 0 Å². The summed E-state index contributed by atoms with van der Waals surface area (Å²) >= 11 is 0. The lowest BCUT2D eigenvalue weighted by atomic mass is 10.0. The number of hydrogen-bond donors (Lipinski definition) is 1. The average molecular weight is 298 g/mol. The molecule has 0 aromatic rings. The van der Waals surface area contributed by atoms with Crippen LogP contribution in [0.4, 0.5) is 0 Å². The number of likely N-dealkylation sites (tertiary alicyclic amines) is 1. The third-order valence-electron chi connectivity index (χ3n) is 3.81. The van der Waals surface area contributed by atoms with Crippen molar-refractivity contribution in [1.29, 1.82) is 0 Å².